The molecule has 0 fully saturated rings. The molecule has 1 heterocycles. The van der Waals surface area contributed by atoms with Crippen LogP contribution in [0.25, 0.3) is 88.3 Å². The van der Waals surface area contributed by atoms with Crippen molar-refractivity contribution in [3.8, 4) is 55.6 Å². The molecule has 1 aromatic heterocycles. The summed E-state index contributed by atoms with van der Waals surface area (Å²) < 4.78 is 7.13. The Morgan fingerprint density at radius 2 is 0.871 bits per heavy atom. The van der Waals surface area contributed by atoms with Gasteiger partial charge in [0.2, 0.25) is 0 Å². The lowest BCUT2D eigenvalue weighted by atomic mass is 9.70. The largest absolute Gasteiger partial charge is 0.455 e. The summed E-state index contributed by atoms with van der Waals surface area (Å²) in [6.07, 6.45) is 0. The average molecular weight is 892 g/mol. The smallest absolute Gasteiger partial charge is 0.143 e. The molecule has 0 N–H and O–H groups in total. The van der Waals surface area contributed by atoms with E-state index in [9.17, 15) is 0 Å². The van der Waals surface area contributed by atoms with E-state index in [1.807, 2.05) is 0 Å². The van der Waals surface area contributed by atoms with Crippen molar-refractivity contribution in [2.24, 2.45) is 0 Å². The number of hydrogen-bond acceptors (Lipinski definition) is 2. The maximum Gasteiger partial charge on any atom is 0.143 e. The van der Waals surface area contributed by atoms with Gasteiger partial charge in [-0.2, -0.15) is 0 Å². The summed E-state index contributed by atoms with van der Waals surface area (Å²) >= 11 is 0. The summed E-state index contributed by atoms with van der Waals surface area (Å²) in [6.45, 7) is 4.71. The Balaban J connectivity index is 0.975. The Morgan fingerprint density at radius 3 is 1.59 bits per heavy atom. The average Bonchev–Trinajstić information content (AvgIpc) is 4.10. The topological polar surface area (TPSA) is 16.4 Å². The van der Waals surface area contributed by atoms with E-state index in [-0.39, 0.29) is 5.41 Å². The molecular weight excluding hydrogens is 847 g/mol. The van der Waals surface area contributed by atoms with Crippen molar-refractivity contribution < 1.29 is 4.42 Å². The molecular formula is C68H45NO. The number of nitrogens with zero attached hydrogens (tertiary/aromatic N) is 1. The van der Waals surface area contributed by atoms with Gasteiger partial charge in [0, 0.05) is 38.7 Å². The van der Waals surface area contributed by atoms with Crippen LogP contribution in [-0.2, 0) is 10.8 Å². The number of para-hydroxylation sites is 1. The second kappa shape index (κ2) is 14.4. The van der Waals surface area contributed by atoms with Gasteiger partial charge < -0.3 is 9.32 Å². The number of fused-ring (bicyclic) bond motifs is 17. The van der Waals surface area contributed by atoms with Crippen LogP contribution in [0, 0.1) is 0 Å². The van der Waals surface area contributed by atoms with Crippen molar-refractivity contribution >= 4 is 49.8 Å². The second-order valence-electron chi connectivity index (χ2n) is 19.9. The summed E-state index contributed by atoms with van der Waals surface area (Å²) in [7, 11) is 0. The Morgan fingerprint density at radius 1 is 0.343 bits per heavy atom. The highest BCUT2D eigenvalue weighted by atomic mass is 16.3. The van der Waals surface area contributed by atoms with E-state index >= 15 is 0 Å². The summed E-state index contributed by atoms with van der Waals surface area (Å²) in [5.41, 5.74) is 24.9. The zero-order chi connectivity index (χ0) is 46.3. The van der Waals surface area contributed by atoms with Gasteiger partial charge in [0.1, 0.15) is 11.2 Å². The van der Waals surface area contributed by atoms with Gasteiger partial charge in [-0.25, -0.2) is 0 Å². The molecule has 0 bridgehead atoms. The lowest BCUT2D eigenvalue weighted by molar-refractivity contribution is 0.660. The van der Waals surface area contributed by atoms with E-state index in [0.29, 0.717) is 0 Å². The van der Waals surface area contributed by atoms with Crippen molar-refractivity contribution in [2.45, 2.75) is 24.7 Å². The summed E-state index contributed by atoms with van der Waals surface area (Å²) in [6, 6.07) is 87.9. The van der Waals surface area contributed by atoms with E-state index in [0.717, 1.165) is 50.1 Å². The van der Waals surface area contributed by atoms with Gasteiger partial charge in [0.05, 0.1) is 11.1 Å². The van der Waals surface area contributed by atoms with Crippen molar-refractivity contribution in [3.63, 3.8) is 0 Å². The molecule has 3 aliphatic rings. The van der Waals surface area contributed by atoms with Gasteiger partial charge in [-0.1, -0.05) is 202 Å². The van der Waals surface area contributed by atoms with E-state index in [1.165, 1.54) is 88.7 Å². The van der Waals surface area contributed by atoms with Crippen LogP contribution in [0.1, 0.15) is 47.2 Å². The zero-order valence-electron chi connectivity index (χ0n) is 38.9. The molecule has 2 nitrogen and oxygen atoms in total. The number of furan rings is 1. The van der Waals surface area contributed by atoms with Crippen LogP contribution in [0.3, 0.4) is 0 Å². The fraction of sp³-hybridized carbons (Fsp3) is 0.0588. The minimum absolute atomic E-state index is 0.127. The van der Waals surface area contributed by atoms with Crippen molar-refractivity contribution in [2.75, 3.05) is 4.90 Å². The van der Waals surface area contributed by atoms with Gasteiger partial charge in [0.25, 0.3) is 0 Å². The minimum Gasteiger partial charge on any atom is -0.455 e. The number of anilines is 3. The molecule has 0 atom stereocenters. The quantitative estimate of drug-likeness (QED) is 0.171. The zero-order valence-corrected chi connectivity index (χ0v) is 38.9. The molecule has 328 valence electrons. The number of rotatable bonds is 5. The molecule has 0 saturated carbocycles. The fourth-order valence-electron chi connectivity index (χ4n) is 13.0. The third kappa shape index (κ3) is 5.23. The van der Waals surface area contributed by atoms with Gasteiger partial charge >= 0.3 is 0 Å². The predicted octanol–water partition coefficient (Wildman–Crippen LogP) is 18.2. The van der Waals surface area contributed by atoms with Gasteiger partial charge in [0.15, 0.2) is 0 Å². The maximum atomic E-state index is 7.13. The Kier molecular flexibility index (Phi) is 8.08. The van der Waals surface area contributed by atoms with Gasteiger partial charge in [-0.05, 0) is 137 Å². The molecule has 0 unspecified atom stereocenters. The lowest BCUT2D eigenvalue weighted by Crippen LogP contribution is -2.26. The first-order valence-corrected chi connectivity index (χ1v) is 24.5. The summed E-state index contributed by atoms with van der Waals surface area (Å²) in [5.74, 6) is 0. The predicted molar refractivity (Wildman–Crippen MR) is 291 cm³/mol. The summed E-state index contributed by atoms with van der Waals surface area (Å²) in [4.78, 5) is 2.48. The van der Waals surface area contributed by atoms with Crippen LogP contribution in [0.5, 0.6) is 0 Å². The molecule has 1 spiro atoms. The standard InChI is InChI=1S/C68H45NO/c1-67(2)57-27-13-8-23-49(57)53-35-32-44(39-61(53)67)65-48-22-7-6-20-43(48)38-56-55-40-45(34-37-64(55)70-66(56)65)69(63-31-17-12-21-47(63)42-18-4-3-5-19-42)46-33-36-54-52-26-11-16-30-60(52)68(62(54)41-46)58-28-14-9-24-50(58)51-25-10-15-29-59(51)68/h3-41H,1-2H3. The van der Waals surface area contributed by atoms with E-state index in [4.69, 9.17) is 4.42 Å². The fourth-order valence-corrected chi connectivity index (χ4v) is 13.0. The Labute approximate surface area is 407 Å². The van der Waals surface area contributed by atoms with Gasteiger partial charge in [-0.15, -0.1) is 0 Å². The molecule has 11 aromatic carbocycles. The molecule has 0 radical (unpaired) electrons. The normalized spacial score (nSPS) is 14.1. The van der Waals surface area contributed by atoms with Gasteiger partial charge in [-0.3, -0.25) is 0 Å². The first-order chi connectivity index (χ1) is 34.5. The van der Waals surface area contributed by atoms with Crippen LogP contribution in [-0.4, -0.2) is 0 Å². The molecule has 3 aliphatic carbocycles. The molecule has 0 saturated heterocycles. The van der Waals surface area contributed by atoms with Crippen LogP contribution in [0.4, 0.5) is 17.1 Å². The van der Waals surface area contributed by atoms with E-state index < -0.39 is 5.41 Å². The Hall–Kier alpha value is -8.72. The maximum absolute atomic E-state index is 7.13. The highest BCUT2D eigenvalue weighted by Gasteiger charge is 2.51. The third-order valence-electron chi connectivity index (χ3n) is 16.1. The van der Waals surface area contributed by atoms with Crippen LogP contribution in [0.2, 0.25) is 0 Å². The van der Waals surface area contributed by atoms with E-state index in [2.05, 4.69) is 255 Å². The monoisotopic (exact) mass is 891 g/mol. The van der Waals surface area contributed by atoms with Crippen molar-refractivity contribution in [3.05, 3.63) is 270 Å². The highest BCUT2D eigenvalue weighted by molar-refractivity contribution is 6.19. The minimum atomic E-state index is -0.475. The number of hydrogen-bond donors (Lipinski definition) is 0. The van der Waals surface area contributed by atoms with Crippen LogP contribution >= 0.6 is 0 Å². The SMILES string of the molecule is CC1(C)c2ccccc2-c2ccc(-c3c4ccccc4cc4c3oc3ccc(N(c5ccc6c(c5)C5(c7ccccc7-c7ccccc75)c5ccccc5-6)c5ccccc5-c5ccccc5)cc34)cc21. The van der Waals surface area contributed by atoms with Crippen molar-refractivity contribution in [1.82, 2.24) is 0 Å². The van der Waals surface area contributed by atoms with Crippen molar-refractivity contribution in [1.29, 1.82) is 0 Å². The first kappa shape index (κ1) is 39.3. The first-order valence-electron chi connectivity index (χ1n) is 24.5. The third-order valence-corrected chi connectivity index (χ3v) is 16.1. The number of benzene rings is 11. The molecule has 2 heteroatoms. The second-order valence-corrected chi connectivity index (χ2v) is 19.9. The lowest BCUT2D eigenvalue weighted by Gasteiger charge is -2.32. The molecule has 70 heavy (non-hydrogen) atoms. The molecule has 12 aromatic rings. The molecule has 15 rings (SSSR count). The molecule has 0 aliphatic heterocycles. The Bertz CT molecular complexity index is 4110. The van der Waals surface area contributed by atoms with E-state index in [1.54, 1.807) is 0 Å². The summed E-state index contributed by atoms with van der Waals surface area (Å²) in [5, 5.41) is 4.56. The van der Waals surface area contributed by atoms with Crippen LogP contribution < -0.4 is 4.90 Å². The van der Waals surface area contributed by atoms with Crippen LogP contribution in [0.15, 0.2) is 241 Å². The highest BCUT2D eigenvalue weighted by Crippen LogP contribution is 2.63. The molecule has 0 amide bonds.